The lowest BCUT2D eigenvalue weighted by Gasteiger charge is -2.14. The van der Waals surface area contributed by atoms with Crippen molar-refractivity contribution < 1.29 is 9.53 Å². The number of hydrogen-bond donors (Lipinski definition) is 1. The van der Waals surface area contributed by atoms with E-state index >= 15 is 0 Å². The minimum atomic E-state index is -0.267. The quantitative estimate of drug-likeness (QED) is 0.639. The fourth-order valence-corrected chi connectivity index (χ4v) is 2.03. The number of rotatable bonds is 6. The number of benzene rings is 1. The van der Waals surface area contributed by atoms with Crippen molar-refractivity contribution in [3.05, 3.63) is 41.0 Å². The van der Waals surface area contributed by atoms with E-state index in [-0.39, 0.29) is 12.5 Å². The summed E-state index contributed by atoms with van der Waals surface area (Å²) < 4.78 is 5.63. The van der Waals surface area contributed by atoms with Gasteiger partial charge < -0.3 is 4.74 Å². The molecule has 120 valence electrons. The van der Waals surface area contributed by atoms with Gasteiger partial charge in [0.15, 0.2) is 6.61 Å². The van der Waals surface area contributed by atoms with E-state index in [0.717, 1.165) is 22.6 Å². The first-order valence-corrected chi connectivity index (χ1v) is 7.51. The average molecular weight is 302 g/mol. The van der Waals surface area contributed by atoms with Crippen molar-refractivity contribution in [3.8, 4) is 5.75 Å². The van der Waals surface area contributed by atoms with Crippen LogP contribution in [0.5, 0.6) is 5.75 Å². The van der Waals surface area contributed by atoms with Gasteiger partial charge >= 0.3 is 0 Å². The Kier molecular flexibility index (Phi) is 6.83. The molecule has 1 aromatic rings. The molecule has 0 heterocycles. The molecule has 1 aromatic carbocycles. The molecule has 0 atom stereocenters. The Morgan fingerprint density at radius 2 is 2.00 bits per heavy atom. The maximum atomic E-state index is 11.8. The number of allylic oxidation sites excluding steroid dienone is 2. The molecule has 0 saturated carbocycles. The summed E-state index contributed by atoms with van der Waals surface area (Å²) in [7, 11) is 0. The van der Waals surface area contributed by atoms with E-state index in [0.29, 0.717) is 5.92 Å². The van der Waals surface area contributed by atoms with Crippen LogP contribution >= 0.6 is 0 Å². The third-order valence-electron chi connectivity index (χ3n) is 3.00. The summed E-state index contributed by atoms with van der Waals surface area (Å²) in [5.41, 5.74) is 6.68. The van der Waals surface area contributed by atoms with E-state index < -0.39 is 0 Å². The van der Waals surface area contributed by atoms with E-state index in [1.165, 1.54) is 5.56 Å². The van der Waals surface area contributed by atoms with Crippen LogP contribution in [-0.2, 0) is 4.79 Å². The maximum absolute atomic E-state index is 11.8. The second kappa shape index (κ2) is 8.37. The third-order valence-corrected chi connectivity index (χ3v) is 3.00. The summed E-state index contributed by atoms with van der Waals surface area (Å²) in [5, 5.41) is 4.01. The standard InChI is InChI=1S/C18H26N2O2/c1-12(2)9-15(6)19-20-18(21)11-22-17-8-7-14(5)10-16(17)13(3)4/h7-10,13H,11H2,1-6H3,(H,20,21)/b19-15+. The Bertz CT molecular complexity index is 583. The van der Waals surface area contributed by atoms with Crippen LogP contribution in [0.1, 0.15) is 51.7 Å². The van der Waals surface area contributed by atoms with Gasteiger partial charge in [0, 0.05) is 0 Å². The van der Waals surface area contributed by atoms with Crippen molar-refractivity contribution in [3.63, 3.8) is 0 Å². The van der Waals surface area contributed by atoms with Gasteiger partial charge in [0.1, 0.15) is 5.75 Å². The van der Waals surface area contributed by atoms with Crippen molar-refractivity contribution >= 4 is 11.6 Å². The molecule has 0 aromatic heterocycles. The first-order valence-electron chi connectivity index (χ1n) is 7.51. The highest BCUT2D eigenvalue weighted by Crippen LogP contribution is 2.27. The van der Waals surface area contributed by atoms with E-state index in [1.807, 2.05) is 45.9 Å². The van der Waals surface area contributed by atoms with Crippen molar-refractivity contribution in [2.75, 3.05) is 6.61 Å². The third kappa shape index (κ3) is 6.12. The zero-order chi connectivity index (χ0) is 16.7. The Hall–Kier alpha value is -2.10. The van der Waals surface area contributed by atoms with Crippen LogP contribution < -0.4 is 10.2 Å². The van der Waals surface area contributed by atoms with Gasteiger partial charge in [-0.1, -0.05) is 37.1 Å². The van der Waals surface area contributed by atoms with E-state index in [2.05, 4.69) is 30.4 Å². The van der Waals surface area contributed by atoms with Crippen molar-refractivity contribution in [1.82, 2.24) is 5.43 Å². The second-order valence-corrected chi connectivity index (χ2v) is 5.99. The number of hydrazone groups is 1. The van der Waals surface area contributed by atoms with Gasteiger partial charge in [-0.15, -0.1) is 0 Å². The van der Waals surface area contributed by atoms with Gasteiger partial charge in [0.25, 0.3) is 5.91 Å². The summed E-state index contributed by atoms with van der Waals surface area (Å²) in [4.78, 5) is 11.8. The average Bonchev–Trinajstić information content (AvgIpc) is 2.42. The predicted octanol–water partition coefficient (Wildman–Crippen LogP) is 3.96. The number of amides is 1. The molecule has 1 rings (SSSR count). The van der Waals surface area contributed by atoms with Crippen LogP contribution in [-0.4, -0.2) is 18.2 Å². The molecule has 0 fully saturated rings. The van der Waals surface area contributed by atoms with Crippen LogP contribution in [0.2, 0.25) is 0 Å². The van der Waals surface area contributed by atoms with E-state index in [4.69, 9.17) is 4.74 Å². The molecule has 1 amide bonds. The smallest absolute Gasteiger partial charge is 0.277 e. The minimum absolute atomic E-state index is 0.0472. The molecule has 0 spiro atoms. The number of nitrogens with one attached hydrogen (secondary N) is 1. The molecule has 1 N–H and O–H groups in total. The Morgan fingerprint density at radius 3 is 2.59 bits per heavy atom. The lowest BCUT2D eigenvalue weighted by atomic mass is 10.00. The molecule has 0 aliphatic heterocycles. The molecule has 0 bridgehead atoms. The van der Waals surface area contributed by atoms with Crippen LogP contribution in [0.4, 0.5) is 0 Å². The maximum Gasteiger partial charge on any atom is 0.277 e. The Labute approximate surface area is 133 Å². The molecular formula is C18H26N2O2. The van der Waals surface area contributed by atoms with E-state index in [1.54, 1.807) is 0 Å². The largest absolute Gasteiger partial charge is 0.483 e. The lowest BCUT2D eigenvalue weighted by molar-refractivity contribution is -0.123. The summed E-state index contributed by atoms with van der Waals surface area (Å²) in [6, 6.07) is 5.99. The highest BCUT2D eigenvalue weighted by atomic mass is 16.5. The lowest BCUT2D eigenvalue weighted by Crippen LogP contribution is -2.25. The minimum Gasteiger partial charge on any atom is -0.483 e. The van der Waals surface area contributed by atoms with Crippen molar-refractivity contribution in [2.24, 2.45) is 5.10 Å². The van der Waals surface area contributed by atoms with Crippen LogP contribution in [0.25, 0.3) is 0 Å². The summed E-state index contributed by atoms with van der Waals surface area (Å²) in [6.07, 6.45) is 1.90. The predicted molar refractivity (Wildman–Crippen MR) is 91.4 cm³/mol. The fourth-order valence-electron chi connectivity index (χ4n) is 2.03. The normalized spacial score (nSPS) is 11.3. The highest BCUT2D eigenvalue weighted by molar-refractivity contribution is 5.94. The van der Waals surface area contributed by atoms with Gasteiger partial charge in [0.05, 0.1) is 5.71 Å². The van der Waals surface area contributed by atoms with Crippen molar-refractivity contribution in [1.29, 1.82) is 0 Å². The summed E-state index contributed by atoms with van der Waals surface area (Å²) in [5.74, 6) is 0.827. The molecule has 0 aliphatic carbocycles. The number of aryl methyl sites for hydroxylation is 1. The summed E-state index contributed by atoms with van der Waals surface area (Å²) in [6.45, 7) is 12.0. The second-order valence-electron chi connectivity index (χ2n) is 5.99. The van der Waals surface area contributed by atoms with Gasteiger partial charge in [-0.05, 0) is 51.3 Å². The van der Waals surface area contributed by atoms with Gasteiger partial charge in [0.2, 0.25) is 0 Å². The summed E-state index contributed by atoms with van der Waals surface area (Å²) >= 11 is 0. The fraction of sp³-hybridized carbons (Fsp3) is 0.444. The van der Waals surface area contributed by atoms with Crippen molar-refractivity contribution in [2.45, 2.75) is 47.5 Å². The molecule has 0 saturated heterocycles. The number of nitrogens with zero attached hydrogens (tertiary/aromatic N) is 1. The van der Waals surface area contributed by atoms with Crippen LogP contribution in [0.3, 0.4) is 0 Å². The van der Waals surface area contributed by atoms with Gasteiger partial charge in [-0.3, -0.25) is 4.79 Å². The molecule has 22 heavy (non-hydrogen) atoms. The number of ether oxygens (including phenoxy) is 1. The zero-order valence-electron chi connectivity index (χ0n) is 14.4. The molecule has 0 aliphatic rings. The SMILES string of the molecule is CC(C)=C/C(C)=N/NC(=O)COc1ccc(C)cc1C(C)C. The topological polar surface area (TPSA) is 50.7 Å². The number of carbonyl (C=O) groups is 1. The first-order chi connectivity index (χ1) is 10.3. The number of carbonyl (C=O) groups excluding carboxylic acids is 1. The van der Waals surface area contributed by atoms with E-state index in [9.17, 15) is 4.79 Å². The molecule has 0 unspecified atom stereocenters. The van der Waals surface area contributed by atoms with Crippen LogP contribution in [0.15, 0.2) is 34.9 Å². The number of hydrogen-bond acceptors (Lipinski definition) is 3. The van der Waals surface area contributed by atoms with Crippen LogP contribution in [0, 0.1) is 6.92 Å². The molecule has 4 nitrogen and oxygen atoms in total. The first kappa shape index (κ1) is 18.0. The molecular weight excluding hydrogens is 276 g/mol. The van der Waals surface area contributed by atoms with Gasteiger partial charge in [-0.25, -0.2) is 5.43 Å². The Balaban J connectivity index is 2.63. The molecule has 4 heteroatoms. The zero-order valence-corrected chi connectivity index (χ0v) is 14.4. The van der Waals surface area contributed by atoms with Gasteiger partial charge in [-0.2, -0.15) is 5.10 Å². The highest BCUT2D eigenvalue weighted by Gasteiger charge is 2.10. The monoisotopic (exact) mass is 302 g/mol. The Morgan fingerprint density at radius 1 is 1.32 bits per heavy atom. The molecule has 0 radical (unpaired) electrons.